The Morgan fingerprint density at radius 2 is 1.75 bits per heavy atom. The van der Waals surface area contributed by atoms with E-state index >= 15 is 0 Å². The highest BCUT2D eigenvalue weighted by atomic mass is 15.1. The minimum atomic E-state index is 0.348. The molecule has 1 nitrogen and oxygen atoms in total. The minimum absolute atomic E-state index is 0.348. The van der Waals surface area contributed by atoms with Crippen molar-refractivity contribution in [3.8, 4) is 0 Å². The Kier molecular flexibility index (Phi) is 1.86. The van der Waals surface area contributed by atoms with E-state index in [9.17, 15) is 0 Å². The Morgan fingerprint density at radius 1 is 1.12 bits per heavy atom. The Labute approximate surface area is 99.7 Å². The molecule has 4 aliphatic carbocycles. The average molecular weight is 219 g/mol. The highest BCUT2D eigenvalue weighted by Gasteiger charge is 2.76. The molecule has 4 bridgehead atoms. The fraction of sp³-hybridized carbons (Fsp3) is 0.867. The summed E-state index contributed by atoms with van der Waals surface area (Å²) in [7, 11) is 2.15. The van der Waals surface area contributed by atoms with Crippen LogP contribution in [-0.2, 0) is 0 Å². The second-order valence-electron chi connectivity index (χ2n) is 6.72. The Bertz CT molecular complexity index is 368. The maximum atomic E-state index is 3.65. The van der Waals surface area contributed by atoms with Crippen LogP contribution in [0.4, 0.5) is 0 Å². The van der Waals surface area contributed by atoms with Crippen molar-refractivity contribution in [3.05, 3.63) is 11.6 Å². The summed E-state index contributed by atoms with van der Waals surface area (Å²) in [5, 5.41) is 3.65. The first-order valence-electron chi connectivity index (χ1n) is 6.86. The van der Waals surface area contributed by atoms with E-state index in [1.165, 1.54) is 0 Å². The van der Waals surface area contributed by atoms with Gasteiger partial charge in [-0.1, -0.05) is 40.7 Å². The fourth-order valence-electron chi connectivity index (χ4n) is 5.70. The normalized spacial score (nSPS) is 57.8. The summed E-state index contributed by atoms with van der Waals surface area (Å²) < 4.78 is 0. The molecule has 0 spiro atoms. The van der Waals surface area contributed by atoms with Crippen LogP contribution >= 0.6 is 0 Å². The predicted molar refractivity (Wildman–Crippen MR) is 68.1 cm³/mol. The van der Waals surface area contributed by atoms with Gasteiger partial charge in [-0.05, 0) is 42.2 Å². The van der Waals surface area contributed by atoms with Crippen molar-refractivity contribution in [2.45, 2.75) is 40.2 Å². The third-order valence-electron chi connectivity index (χ3n) is 6.65. The lowest BCUT2D eigenvalue weighted by Gasteiger charge is -2.79. The number of likely N-dealkylation sites (N-methyl/N-ethyl adjacent to an activating group) is 1. The second kappa shape index (κ2) is 2.75. The maximum Gasteiger partial charge on any atom is 0.0455 e. The number of allylic oxidation sites excluding steroid dienone is 1. The summed E-state index contributed by atoms with van der Waals surface area (Å²) in [4.78, 5) is 0. The van der Waals surface area contributed by atoms with Crippen molar-refractivity contribution in [1.29, 1.82) is 0 Å². The topological polar surface area (TPSA) is 12.0 Å². The van der Waals surface area contributed by atoms with Gasteiger partial charge in [0.1, 0.15) is 0 Å². The molecule has 6 unspecified atom stereocenters. The van der Waals surface area contributed by atoms with Gasteiger partial charge in [-0.25, -0.2) is 0 Å². The third-order valence-corrected chi connectivity index (χ3v) is 6.65. The van der Waals surface area contributed by atoms with Gasteiger partial charge in [-0.15, -0.1) is 0 Å². The molecule has 0 heterocycles. The molecule has 1 N–H and O–H groups in total. The van der Waals surface area contributed by atoms with E-state index in [1.54, 1.807) is 5.57 Å². The molecule has 90 valence electrons. The predicted octanol–water partition coefficient (Wildman–Crippen LogP) is 3.08. The monoisotopic (exact) mass is 219 g/mol. The smallest absolute Gasteiger partial charge is 0.0455 e. The molecule has 0 aromatic heterocycles. The zero-order valence-electron chi connectivity index (χ0n) is 11.5. The van der Waals surface area contributed by atoms with Crippen molar-refractivity contribution in [2.24, 2.45) is 35.0 Å². The largest absolute Gasteiger partial charge is 0.310 e. The Balaban J connectivity index is 2.12. The van der Waals surface area contributed by atoms with Gasteiger partial charge < -0.3 is 5.32 Å². The van der Waals surface area contributed by atoms with Gasteiger partial charge in [0.15, 0.2) is 0 Å². The first-order chi connectivity index (χ1) is 7.44. The van der Waals surface area contributed by atoms with E-state index in [0.29, 0.717) is 11.0 Å². The molecule has 0 radical (unpaired) electrons. The summed E-state index contributed by atoms with van der Waals surface area (Å²) in [6.45, 7) is 12.2. The van der Waals surface area contributed by atoms with Crippen LogP contribution in [0.25, 0.3) is 0 Å². The molecule has 1 heteroatoms. The molecule has 4 aliphatic rings. The highest BCUT2D eigenvalue weighted by molar-refractivity contribution is 5.53. The third kappa shape index (κ3) is 0.712. The summed E-state index contributed by atoms with van der Waals surface area (Å²) in [6, 6.07) is 0. The molecule has 0 aromatic rings. The van der Waals surface area contributed by atoms with Crippen LogP contribution in [0.2, 0.25) is 0 Å². The first kappa shape index (κ1) is 10.8. The quantitative estimate of drug-likeness (QED) is 0.704. The van der Waals surface area contributed by atoms with Gasteiger partial charge >= 0.3 is 0 Å². The van der Waals surface area contributed by atoms with Crippen molar-refractivity contribution < 1.29 is 0 Å². The number of nitrogens with one attached hydrogen (secondary N) is 1. The summed E-state index contributed by atoms with van der Waals surface area (Å²) >= 11 is 0. The molecule has 2 saturated carbocycles. The van der Waals surface area contributed by atoms with Crippen LogP contribution in [0.5, 0.6) is 0 Å². The van der Waals surface area contributed by atoms with Crippen LogP contribution in [0.3, 0.4) is 0 Å². The van der Waals surface area contributed by atoms with Crippen molar-refractivity contribution in [3.63, 3.8) is 0 Å². The zero-order valence-corrected chi connectivity index (χ0v) is 11.5. The average Bonchev–Trinajstić information content (AvgIpc) is 2.19. The van der Waals surface area contributed by atoms with E-state index in [2.05, 4.69) is 53.1 Å². The van der Waals surface area contributed by atoms with Crippen molar-refractivity contribution >= 4 is 0 Å². The Morgan fingerprint density at radius 3 is 2.19 bits per heavy atom. The van der Waals surface area contributed by atoms with Gasteiger partial charge in [-0.3, -0.25) is 0 Å². The molecule has 16 heavy (non-hydrogen) atoms. The number of fused-ring (bicyclic) bond motifs is 1. The number of hydrogen-bond acceptors (Lipinski definition) is 1. The molecular formula is C15H25N. The summed E-state index contributed by atoms with van der Waals surface area (Å²) in [5.74, 6) is 4.09. The van der Waals surface area contributed by atoms with Gasteiger partial charge in [0.05, 0.1) is 0 Å². The standard InChI is InChI=1S/C15H25N/c1-8(2)14-7-12-13(14)11(5)15(12,16-6)10(4)9(14)3/h7-11,13,16H,1-6H3. The number of rotatable bonds is 2. The van der Waals surface area contributed by atoms with Crippen LogP contribution in [-0.4, -0.2) is 12.6 Å². The molecule has 0 aromatic carbocycles. The van der Waals surface area contributed by atoms with Crippen LogP contribution in [0, 0.1) is 35.0 Å². The van der Waals surface area contributed by atoms with Crippen molar-refractivity contribution in [2.75, 3.05) is 7.05 Å². The van der Waals surface area contributed by atoms with E-state index < -0.39 is 0 Å². The van der Waals surface area contributed by atoms with E-state index in [1.807, 2.05) is 0 Å². The lowest BCUT2D eigenvalue weighted by Crippen LogP contribution is -2.81. The van der Waals surface area contributed by atoms with Crippen LogP contribution in [0.15, 0.2) is 11.6 Å². The second-order valence-corrected chi connectivity index (χ2v) is 6.72. The summed E-state index contributed by atoms with van der Waals surface area (Å²) in [5.41, 5.74) is 2.61. The zero-order chi connectivity index (χ0) is 11.9. The van der Waals surface area contributed by atoms with Gasteiger partial charge in [0, 0.05) is 11.0 Å². The summed E-state index contributed by atoms with van der Waals surface area (Å²) in [6.07, 6.45) is 2.63. The SMILES string of the molecule is CNC12C3=CC(C(C)C)(C(C)C1C)C3C2C. The van der Waals surface area contributed by atoms with E-state index in [0.717, 1.165) is 29.6 Å². The molecular weight excluding hydrogens is 194 g/mol. The Hall–Kier alpha value is -0.300. The highest BCUT2D eigenvalue weighted by Crippen LogP contribution is 2.77. The minimum Gasteiger partial charge on any atom is -0.310 e. The van der Waals surface area contributed by atoms with Crippen molar-refractivity contribution in [1.82, 2.24) is 5.32 Å². The van der Waals surface area contributed by atoms with Crippen LogP contribution in [0.1, 0.15) is 34.6 Å². The lowest BCUT2D eigenvalue weighted by molar-refractivity contribution is -0.168. The van der Waals surface area contributed by atoms with Gasteiger partial charge in [0.25, 0.3) is 0 Å². The van der Waals surface area contributed by atoms with Gasteiger partial charge in [-0.2, -0.15) is 0 Å². The molecule has 6 atom stereocenters. The van der Waals surface area contributed by atoms with Crippen LogP contribution < -0.4 is 5.32 Å². The maximum absolute atomic E-state index is 3.65. The van der Waals surface area contributed by atoms with E-state index in [4.69, 9.17) is 0 Å². The molecule has 0 amide bonds. The molecule has 2 fully saturated rings. The molecule has 0 saturated heterocycles. The molecule has 0 aliphatic heterocycles. The number of hydrogen-bond donors (Lipinski definition) is 1. The molecule has 4 rings (SSSR count). The first-order valence-corrected chi connectivity index (χ1v) is 6.86. The van der Waals surface area contributed by atoms with Gasteiger partial charge in [0.2, 0.25) is 0 Å². The lowest BCUT2D eigenvalue weighted by atomic mass is 9.27. The fourth-order valence-corrected chi connectivity index (χ4v) is 5.70. The van der Waals surface area contributed by atoms with E-state index in [-0.39, 0.29) is 0 Å².